The first-order chi connectivity index (χ1) is 15.9. The number of hydrogen-bond acceptors (Lipinski definition) is 4. The second-order valence-electron chi connectivity index (χ2n) is 8.35. The highest BCUT2D eigenvalue weighted by Gasteiger charge is 2.42. The lowest BCUT2D eigenvalue weighted by Gasteiger charge is -2.25. The second-order valence-corrected chi connectivity index (χ2v) is 8.35. The number of fused-ring (bicyclic) bond motifs is 2. The summed E-state index contributed by atoms with van der Waals surface area (Å²) < 4.78 is 24.9. The molecule has 0 spiro atoms. The van der Waals surface area contributed by atoms with Gasteiger partial charge in [-0.15, -0.1) is 0 Å². The summed E-state index contributed by atoms with van der Waals surface area (Å²) >= 11 is 0. The Labute approximate surface area is 190 Å². The van der Waals surface area contributed by atoms with Crippen LogP contribution in [0.2, 0.25) is 0 Å². The normalized spacial score (nSPS) is 15.2. The summed E-state index contributed by atoms with van der Waals surface area (Å²) in [5, 5.41) is 0.446. The first-order valence-corrected chi connectivity index (χ1v) is 10.6. The van der Waals surface area contributed by atoms with Gasteiger partial charge in [-0.3, -0.25) is 9.59 Å². The third-order valence-electron chi connectivity index (χ3n) is 6.26. The fourth-order valence-corrected chi connectivity index (χ4v) is 4.38. The largest absolute Gasteiger partial charge is 0.497 e. The van der Waals surface area contributed by atoms with Crippen molar-refractivity contribution < 1.29 is 18.3 Å². The van der Waals surface area contributed by atoms with Crippen molar-refractivity contribution in [3.63, 3.8) is 0 Å². The van der Waals surface area contributed by atoms with Crippen molar-refractivity contribution in [2.75, 3.05) is 7.11 Å². The number of carbonyl (C=O) groups is 1. The van der Waals surface area contributed by atoms with Crippen LogP contribution in [0.4, 0.5) is 4.39 Å². The van der Waals surface area contributed by atoms with Gasteiger partial charge in [-0.2, -0.15) is 0 Å². The fourth-order valence-electron chi connectivity index (χ4n) is 4.38. The number of ether oxygens (including phenoxy) is 1. The molecule has 5 rings (SSSR count). The van der Waals surface area contributed by atoms with E-state index in [1.54, 1.807) is 36.3 Å². The van der Waals surface area contributed by atoms with Crippen molar-refractivity contribution in [3.05, 3.63) is 110 Å². The van der Waals surface area contributed by atoms with E-state index >= 15 is 0 Å². The molecule has 0 radical (unpaired) electrons. The maximum absolute atomic E-state index is 13.7. The van der Waals surface area contributed by atoms with Crippen LogP contribution in [0, 0.1) is 19.7 Å². The number of nitrogens with zero attached hydrogens (tertiary/aromatic N) is 1. The molecular formula is C27H22FNO4. The molecule has 6 heteroatoms. The van der Waals surface area contributed by atoms with Crippen LogP contribution in [0.25, 0.3) is 11.0 Å². The molecule has 0 saturated carbocycles. The van der Waals surface area contributed by atoms with Crippen LogP contribution in [0.15, 0.2) is 69.9 Å². The van der Waals surface area contributed by atoms with Gasteiger partial charge in [-0.25, -0.2) is 4.39 Å². The molecule has 0 fully saturated rings. The minimum atomic E-state index is -0.657. The monoisotopic (exact) mass is 443 g/mol. The number of amides is 1. The summed E-state index contributed by atoms with van der Waals surface area (Å²) in [5.41, 5.74) is 3.91. The molecular weight excluding hydrogens is 421 g/mol. The summed E-state index contributed by atoms with van der Waals surface area (Å²) in [6, 6.07) is 16.2. The zero-order valence-electron chi connectivity index (χ0n) is 18.5. The first-order valence-electron chi connectivity index (χ1n) is 10.6. The van der Waals surface area contributed by atoms with Crippen LogP contribution < -0.4 is 10.2 Å². The molecule has 1 aromatic heterocycles. The second kappa shape index (κ2) is 7.89. The van der Waals surface area contributed by atoms with E-state index in [2.05, 4.69) is 0 Å². The Balaban J connectivity index is 1.74. The van der Waals surface area contributed by atoms with E-state index in [-0.39, 0.29) is 29.5 Å². The van der Waals surface area contributed by atoms with E-state index in [1.807, 2.05) is 38.1 Å². The maximum atomic E-state index is 13.7. The van der Waals surface area contributed by atoms with Gasteiger partial charge in [0, 0.05) is 6.54 Å². The van der Waals surface area contributed by atoms with Gasteiger partial charge in [0.05, 0.1) is 24.1 Å². The molecule has 0 N–H and O–H groups in total. The Kier molecular flexibility index (Phi) is 5.01. The van der Waals surface area contributed by atoms with E-state index in [9.17, 15) is 14.0 Å². The quantitative estimate of drug-likeness (QED) is 0.429. The summed E-state index contributed by atoms with van der Waals surface area (Å²) in [4.78, 5) is 28.8. The average Bonchev–Trinajstić information content (AvgIpc) is 3.08. The number of methoxy groups -OCH3 is 1. The van der Waals surface area contributed by atoms with Crippen molar-refractivity contribution in [2.45, 2.75) is 26.4 Å². The van der Waals surface area contributed by atoms with E-state index in [0.717, 1.165) is 22.3 Å². The van der Waals surface area contributed by atoms with Crippen LogP contribution in [-0.2, 0) is 6.54 Å². The van der Waals surface area contributed by atoms with Gasteiger partial charge in [0.15, 0.2) is 5.43 Å². The van der Waals surface area contributed by atoms with Gasteiger partial charge >= 0.3 is 0 Å². The Morgan fingerprint density at radius 3 is 2.45 bits per heavy atom. The third-order valence-corrected chi connectivity index (χ3v) is 6.26. The average molecular weight is 443 g/mol. The zero-order chi connectivity index (χ0) is 23.3. The highest BCUT2D eigenvalue weighted by Crippen LogP contribution is 2.40. The lowest BCUT2D eigenvalue weighted by molar-refractivity contribution is 0.0714. The molecule has 1 aliphatic rings. The number of rotatable bonds is 4. The van der Waals surface area contributed by atoms with Crippen molar-refractivity contribution in [1.29, 1.82) is 0 Å². The molecule has 0 aliphatic carbocycles. The molecule has 33 heavy (non-hydrogen) atoms. The van der Waals surface area contributed by atoms with E-state index in [4.69, 9.17) is 9.15 Å². The number of halogens is 1. The van der Waals surface area contributed by atoms with Crippen molar-refractivity contribution in [2.24, 2.45) is 0 Å². The smallest absolute Gasteiger partial charge is 0.291 e. The fraction of sp³-hybridized carbons (Fsp3) is 0.185. The molecule has 1 amide bonds. The Morgan fingerprint density at radius 1 is 1.00 bits per heavy atom. The molecule has 0 bridgehead atoms. The molecule has 1 unspecified atom stereocenters. The zero-order valence-corrected chi connectivity index (χ0v) is 18.5. The predicted octanol–water partition coefficient (Wildman–Crippen LogP) is 5.30. The van der Waals surface area contributed by atoms with Crippen molar-refractivity contribution in [3.8, 4) is 5.75 Å². The summed E-state index contributed by atoms with van der Waals surface area (Å²) in [6.45, 7) is 4.07. The van der Waals surface area contributed by atoms with Crippen LogP contribution in [-0.4, -0.2) is 17.9 Å². The van der Waals surface area contributed by atoms with E-state index < -0.39 is 6.04 Å². The number of hydrogen-bond donors (Lipinski definition) is 0. The minimum absolute atomic E-state index is 0.0469. The van der Waals surface area contributed by atoms with Crippen LogP contribution in [0.3, 0.4) is 0 Å². The standard InChI is InChI=1S/C27H22FNO4/c1-15-11-21-22(12-16(15)2)33-26-23(25(21)30)24(18-5-4-6-20(13-18)32-3)29(27(26)31)14-17-7-9-19(28)10-8-17/h4-13,24H,14H2,1-3H3. The molecule has 5 nitrogen and oxygen atoms in total. The molecule has 2 heterocycles. The number of benzene rings is 3. The highest BCUT2D eigenvalue weighted by molar-refractivity contribution is 5.99. The third kappa shape index (κ3) is 3.48. The number of aryl methyl sites for hydroxylation is 2. The molecule has 4 aromatic rings. The molecule has 1 atom stereocenters. The van der Waals surface area contributed by atoms with Crippen LogP contribution in [0.1, 0.15) is 44.4 Å². The SMILES string of the molecule is COc1cccc(C2c3c(oc4cc(C)c(C)cc4c3=O)C(=O)N2Cc2ccc(F)cc2)c1. The summed E-state index contributed by atoms with van der Waals surface area (Å²) in [7, 11) is 1.57. The lowest BCUT2D eigenvalue weighted by atomic mass is 9.97. The van der Waals surface area contributed by atoms with Gasteiger partial charge < -0.3 is 14.1 Å². The van der Waals surface area contributed by atoms with Gasteiger partial charge in [0.1, 0.15) is 17.1 Å². The Hall–Kier alpha value is -3.93. The van der Waals surface area contributed by atoms with E-state index in [0.29, 0.717) is 22.3 Å². The molecule has 1 aliphatic heterocycles. The topological polar surface area (TPSA) is 59.8 Å². The Bertz CT molecular complexity index is 1460. The number of carbonyl (C=O) groups excluding carboxylic acids is 1. The predicted molar refractivity (Wildman–Crippen MR) is 123 cm³/mol. The molecule has 3 aromatic carbocycles. The van der Waals surface area contributed by atoms with Crippen molar-refractivity contribution >= 4 is 16.9 Å². The summed E-state index contributed by atoms with van der Waals surface area (Å²) in [6.07, 6.45) is 0. The van der Waals surface area contributed by atoms with Gasteiger partial charge in [0.25, 0.3) is 5.91 Å². The maximum Gasteiger partial charge on any atom is 0.291 e. The minimum Gasteiger partial charge on any atom is -0.497 e. The van der Waals surface area contributed by atoms with Crippen molar-refractivity contribution in [1.82, 2.24) is 4.90 Å². The van der Waals surface area contributed by atoms with Crippen LogP contribution >= 0.6 is 0 Å². The van der Waals surface area contributed by atoms with Gasteiger partial charge in [-0.1, -0.05) is 24.3 Å². The molecule has 166 valence electrons. The van der Waals surface area contributed by atoms with Gasteiger partial charge in [0.2, 0.25) is 5.76 Å². The van der Waals surface area contributed by atoms with Gasteiger partial charge in [-0.05, 0) is 72.5 Å². The molecule has 0 saturated heterocycles. The lowest BCUT2D eigenvalue weighted by Crippen LogP contribution is -2.29. The Morgan fingerprint density at radius 2 is 1.73 bits per heavy atom. The van der Waals surface area contributed by atoms with E-state index in [1.165, 1.54) is 12.1 Å². The highest BCUT2D eigenvalue weighted by atomic mass is 19.1. The summed E-state index contributed by atoms with van der Waals surface area (Å²) in [5.74, 6) is -0.0650. The first kappa shape index (κ1) is 20.9. The van der Waals surface area contributed by atoms with Crippen LogP contribution in [0.5, 0.6) is 5.75 Å².